The third kappa shape index (κ3) is 30.4. The van der Waals surface area contributed by atoms with E-state index < -0.39 is 57.2 Å². The number of aryl methyl sites for hydroxylation is 2. The van der Waals surface area contributed by atoms with Crippen molar-refractivity contribution in [2.75, 3.05) is 84.6 Å². The van der Waals surface area contributed by atoms with Crippen molar-refractivity contribution in [3.05, 3.63) is 212 Å². The largest absolute Gasteiger partial charge is 0.507 e. The molecule has 0 bridgehead atoms. The highest BCUT2D eigenvalue weighted by Gasteiger charge is 2.40. The zero-order valence-electron chi connectivity index (χ0n) is 77.2. The fourth-order valence-electron chi connectivity index (χ4n) is 14.3. The number of nitriles is 2. The predicted octanol–water partition coefficient (Wildman–Crippen LogP) is 16.7. The standard InChI is InChI=1S/C29H33N3O7S.C17H24O4.C16H19N3O4S.C12H14O2.C11H12O2.C7H6O2.C5H10O2.C4H7Br/c1-17-23(14-30)40-26-24(17)25(33)32(29(2,3)27(34)35)28(36)31(26)15-22(39-19-10-12-37-13-11-19)20-6-4-5-7-21(20)38-16-18-8-9-18;18-11-17(21-14-7-9-19-10-8-14)15-3-1-2-4-16(15)20-12-13-5-6-13;1-8-9(7-17)24-11-10(8)12(20)19(14(22)18-11)16(5,6)13(21)23-15(2,3)4;1-2-4-11(13-7-9-5-6-9)10(3-1)12-8-14-12;12-7-10-3-1-2-4-11(10)13-8-9-5-6-9;8-5-6-3-1-2-4-7(6)9;6-5-1-3-7-4-2-5;5-3-4-1-2-4/h4-7,18-19,22H,8-13,15-16H2,1-3H3,(H,34,35);1-4,13-14,17-18H,5-12H2;1-6H3,(H,18,22);1-4,9,12H,5-8H2;1-4,7,9H,5-6,8H2;1-5,9H;5-6H,1-4H2;4H,1-3H2. The van der Waals surface area contributed by atoms with Gasteiger partial charge in [0.15, 0.2) is 12.6 Å². The van der Waals surface area contributed by atoms with Crippen molar-refractivity contribution in [1.29, 1.82) is 10.5 Å². The number of aromatic hydroxyl groups is 1. The summed E-state index contributed by atoms with van der Waals surface area (Å²) in [5.41, 5.74) is -2.07. The fraction of sp³-hybridized carbons (Fsp3) is 0.525. The lowest BCUT2D eigenvalue weighted by atomic mass is 10.0. The number of alkyl halides is 1. The van der Waals surface area contributed by atoms with Gasteiger partial charge >= 0.3 is 23.3 Å². The number of nitrogens with zero attached hydrogens (tertiary/aromatic N) is 5. The number of fused-ring (bicyclic) bond motifs is 2. The summed E-state index contributed by atoms with van der Waals surface area (Å²) in [6.45, 7) is 21.9. The van der Waals surface area contributed by atoms with Gasteiger partial charge in [-0.1, -0.05) is 94.8 Å². The Kier molecular flexibility index (Phi) is 38.3. The topological polar surface area (TPSA) is 400 Å². The average Bonchev–Trinajstić information content (AvgIpc) is 1.59. The lowest BCUT2D eigenvalue weighted by Gasteiger charge is -2.30. The quantitative estimate of drug-likeness (QED) is 0.0126. The van der Waals surface area contributed by atoms with Gasteiger partial charge in [0.2, 0.25) is 0 Å². The molecule has 32 heteroatoms. The number of benzene rings is 5. The number of esters is 1. The Morgan fingerprint density at radius 2 is 0.970 bits per heavy atom. The number of aldehydes is 2. The summed E-state index contributed by atoms with van der Waals surface area (Å²) in [6, 6.07) is 41.5. The van der Waals surface area contributed by atoms with E-state index in [1.165, 1.54) is 101 Å². The van der Waals surface area contributed by atoms with E-state index in [2.05, 4.69) is 33.0 Å². The van der Waals surface area contributed by atoms with Gasteiger partial charge in [-0.25, -0.2) is 28.3 Å². The summed E-state index contributed by atoms with van der Waals surface area (Å²) in [6.07, 6.45) is 18.5. The number of aliphatic hydroxyl groups excluding tert-OH is 2. The molecule has 3 atom stereocenters. The number of phenolic OH excluding ortho intramolecular Hbond substituents is 1. The molecule has 29 nitrogen and oxygen atoms in total. The van der Waals surface area contributed by atoms with E-state index in [0.717, 1.165) is 170 Å². The van der Waals surface area contributed by atoms with E-state index >= 15 is 0 Å². The molecule has 5 aliphatic carbocycles. The molecule has 18 rings (SSSR count). The lowest BCUT2D eigenvalue weighted by Crippen LogP contribution is -2.52. The summed E-state index contributed by atoms with van der Waals surface area (Å²) < 4.78 is 65.6. The van der Waals surface area contributed by atoms with Gasteiger partial charge in [-0.05, 0) is 248 Å². The molecule has 8 heterocycles. The minimum Gasteiger partial charge on any atom is -0.507 e. The fourth-order valence-corrected chi connectivity index (χ4v) is 17.0. The molecule has 5 N–H and O–H groups in total. The normalized spacial score (nSPS) is 17.6. The van der Waals surface area contributed by atoms with Crippen molar-refractivity contribution < 1.29 is 91.7 Å². The second-order valence-corrected chi connectivity index (χ2v) is 39.2. The van der Waals surface area contributed by atoms with Crippen LogP contribution in [0.25, 0.3) is 20.4 Å². The van der Waals surface area contributed by atoms with Gasteiger partial charge < -0.3 is 72.5 Å². The van der Waals surface area contributed by atoms with Crippen LogP contribution >= 0.6 is 38.6 Å². The SMILES string of the molecule is BrCC1CC1.Cc1c(C#N)sc2[nH]c(=O)n(C(C)(C)C(=O)OC(C)(C)C)c(=O)c12.Cc1c(C#N)sc2c1c(=O)n(C(C)(C)C(=O)O)c(=O)n2CC(OC1CCOCC1)c1ccccc1OCC1CC1.O=Cc1ccccc1O.O=Cc1ccccc1OCC1CC1.OC1CCOCC1.OCC(OC1CCOCC1)c1ccccc1OCC1CC1.c1ccc(C2CO2)c(OCC2CC2)c1. The Morgan fingerprint density at radius 1 is 0.549 bits per heavy atom. The number of hydrogen-bond acceptors (Lipinski definition) is 26. The van der Waals surface area contributed by atoms with Gasteiger partial charge in [0.1, 0.15) is 95.3 Å². The molecule has 3 unspecified atom stereocenters. The maximum atomic E-state index is 14.0. The number of aliphatic carboxylic acids is 1. The number of epoxide rings is 1. The van der Waals surface area contributed by atoms with Crippen molar-refractivity contribution in [2.45, 2.75) is 225 Å². The average molecular weight is 1940 g/mol. The highest BCUT2D eigenvalue weighted by atomic mass is 79.9. The molecule has 133 heavy (non-hydrogen) atoms. The van der Waals surface area contributed by atoms with Gasteiger partial charge in [-0.3, -0.25) is 28.7 Å². The van der Waals surface area contributed by atoms with Crippen LogP contribution in [0.2, 0.25) is 0 Å². The van der Waals surface area contributed by atoms with E-state index in [1.54, 1.807) is 58.9 Å². The first-order valence-corrected chi connectivity index (χ1v) is 48.6. The van der Waals surface area contributed by atoms with Gasteiger partial charge in [0.05, 0.1) is 86.4 Å². The Labute approximate surface area is 791 Å². The molecule has 9 aromatic rings. The maximum Gasteiger partial charge on any atom is 0.333 e. The van der Waals surface area contributed by atoms with E-state index in [4.69, 9.17) is 67.6 Å². The van der Waals surface area contributed by atoms with E-state index in [9.17, 15) is 53.8 Å². The summed E-state index contributed by atoms with van der Waals surface area (Å²) in [4.78, 5) is 102. The first kappa shape index (κ1) is 103. The second-order valence-electron chi connectivity index (χ2n) is 36.5. The number of halogens is 1. The number of nitrogens with one attached hydrogen (secondary N) is 1. The molecular formula is C101H125BrN6O23S2. The molecule has 716 valence electrons. The van der Waals surface area contributed by atoms with Crippen molar-refractivity contribution in [3.63, 3.8) is 0 Å². The number of carbonyl (C=O) groups excluding carboxylic acids is 3. The van der Waals surface area contributed by atoms with Crippen LogP contribution in [0.5, 0.6) is 28.7 Å². The number of para-hydroxylation sites is 5. The Morgan fingerprint density at radius 3 is 1.41 bits per heavy atom. The van der Waals surface area contributed by atoms with Crippen LogP contribution in [0.4, 0.5) is 0 Å². The molecule has 4 saturated heterocycles. The van der Waals surface area contributed by atoms with E-state index in [-0.39, 0.29) is 54.1 Å². The first-order valence-electron chi connectivity index (χ1n) is 45.8. The second kappa shape index (κ2) is 49.3. The molecule has 9 fully saturated rings. The number of aromatic nitrogens is 4. The number of carboxylic acid groups (broad SMARTS) is 1. The zero-order chi connectivity index (χ0) is 95.5. The summed E-state index contributed by atoms with van der Waals surface area (Å²) in [5.74, 6) is 5.09. The van der Waals surface area contributed by atoms with Crippen LogP contribution in [0.3, 0.4) is 0 Å². The number of H-pyrrole nitrogens is 1. The van der Waals surface area contributed by atoms with Crippen molar-refractivity contribution in [2.24, 2.45) is 29.6 Å². The van der Waals surface area contributed by atoms with Crippen LogP contribution in [0.1, 0.15) is 228 Å². The minimum absolute atomic E-state index is 0.00269. The summed E-state index contributed by atoms with van der Waals surface area (Å²) in [5, 5.41) is 57.8. The highest BCUT2D eigenvalue weighted by Crippen LogP contribution is 2.41. The van der Waals surface area contributed by atoms with Gasteiger partial charge in [0.25, 0.3) is 11.1 Å². The highest BCUT2D eigenvalue weighted by molar-refractivity contribution is 9.09. The molecule has 5 saturated carbocycles. The number of hydrogen-bond donors (Lipinski definition) is 5. The summed E-state index contributed by atoms with van der Waals surface area (Å²) in [7, 11) is 0. The number of thiophene rings is 2. The van der Waals surface area contributed by atoms with Crippen LogP contribution in [0, 0.1) is 66.1 Å². The molecule has 0 amide bonds. The van der Waals surface area contributed by atoms with Gasteiger partial charge in [-0.2, -0.15) is 10.5 Å². The van der Waals surface area contributed by atoms with Gasteiger partial charge in [0, 0.05) is 61.7 Å². The number of ether oxygens (including phenoxy) is 11. The van der Waals surface area contributed by atoms with Crippen LogP contribution < -0.4 is 41.4 Å². The third-order valence-corrected chi connectivity index (χ3v) is 26.8. The monoisotopic (exact) mass is 1930 g/mol. The van der Waals surface area contributed by atoms with Crippen LogP contribution in [0.15, 0.2) is 141 Å². The number of rotatable bonds is 29. The lowest BCUT2D eigenvalue weighted by molar-refractivity contribution is -0.164. The maximum absolute atomic E-state index is 14.0. The van der Waals surface area contributed by atoms with Crippen molar-refractivity contribution >= 4 is 83.5 Å². The molecule has 4 aromatic heterocycles. The Hall–Kier alpha value is -10.2. The molecule has 5 aromatic carbocycles. The predicted molar refractivity (Wildman–Crippen MR) is 509 cm³/mol. The Bertz CT molecular complexity index is 5700. The van der Waals surface area contributed by atoms with Crippen molar-refractivity contribution in [1.82, 2.24) is 18.7 Å². The molecule has 0 radical (unpaired) electrons. The third-order valence-electron chi connectivity index (χ3n) is 23.5. The molecular weight excluding hydrogens is 1810 g/mol. The number of carbonyl (C=O) groups is 4. The Balaban J connectivity index is 0.000000158. The smallest absolute Gasteiger partial charge is 0.333 e. The van der Waals surface area contributed by atoms with E-state index in [1.807, 2.05) is 91.0 Å². The number of aromatic amines is 1. The van der Waals surface area contributed by atoms with Gasteiger partial charge in [-0.15, -0.1) is 22.7 Å². The minimum atomic E-state index is -1.83. The van der Waals surface area contributed by atoms with E-state index in [0.29, 0.717) is 110 Å². The van der Waals surface area contributed by atoms with Crippen molar-refractivity contribution in [3.8, 4) is 40.9 Å². The number of aliphatic hydroxyl groups is 2. The first-order chi connectivity index (χ1) is 63.9. The molecule has 0 spiro atoms. The molecule has 9 aliphatic rings. The number of carboxylic acids is 1. The van der Waals surface area contributed by atoms with Crippen LogP contribution in [-0.4, -0.2) is 172 Å². The molecule has 4 aliphatic heterocycles. The van der Waals surface area contributed by atoms with Crippen LogP contribution in [-0.2, 0) is 60.4 Å². The summed E-state index contributed by atoms with van der Waals surface area (Å²) >= 11 is 5.47. The zero-order valence-corrected chi connectivity index (χ0v) is 80.5. The number of phenols is 1.